The van der Waals surface area contributed by atoms with E-state index in [2.05, 4.69) is 0 Å². The highest BCUT2D eigenvalue weighted by atomic mass is 16.4. The Balaban J connectivity index is 2.25. The summed E-state index contributed by atoms with van der Waals surface area (Å²) >= 11 is 0. The quantitative estimate of drug-likeness (QED) is 0.846. The first kappa shape index (κ1) is 13.7. The fourth-order valence-corrected chi connectivity index (χ4v) is 1.98. The van der Waals surface area contributed by atoms with Crippen molar-refractivity contribution in [3.63, 3.8) is 0 Å². The number of carboxylic acid groups (broad SMARTS) is 1. The summed E-state index contributed by atoms with van der Waals surface area (Å²) in [5.74, 6) is -1.34. The first-order valence-corrected chi connectivity index (χ1v) is 6.24. The van der Waals surface area contributed by atoms with Gasteiger partial charge in [-0.25, -0.2) is 4.79 Å². The summed E-state index contributed by atoms with van der Waals surface area (Å²) in [5.41, 5.74) is 2.92. The molecule has 0 amide bonds. The Morgan fingerprint density at radius 3 is 2.25 bits per heavy atom. The van der Waals surface area contributed by atoms with Crippen molar-refractivity contribution in [2.24, 2.45) is 0 Å². The molecule has 0 spiro atoms. The van der Waals surface area contributed by atoms with Gasteiger partial charge in [-0.1, -0.05) is 54.6 Å². The molecule has 0 unspecified atom stereocenters. The second-order valence-electron chi connectivity index (χ2n) is 4.34. The number of hydrogen-bond acceptors (Lipinski definition) is 2. The van der Waals surface area contributed by atoms with Crippen molar-refractivity contribution in [2.45, 2.75) is 6.42 Å². The monoisotopic (exact) mass is 266 g/mol. The molecule has 0 aliphatic carbocycles. The van der Waals surface area contributed by atoms with Gasteiger partial charge < -0.3 is 5.11 Å². The van der Waals surface area contributed by atoms with Crippen LogP contribution in [-0.4, -0.2) is 16.9 Å². The smallest absolute Gasteiger partial charge is 0.328 e. The highest BCUT2D eigenvalue weighted by Gasteiger charge is 2.07. The average Bonchev–Trinajstić information content (AvgIpc) is 2.47. The minimum atomic E-state index is -1.12. The number of benzene rings is 2. The van der Waals surface area contributed by atoms with Crippen molar-refractivity contribution in [3.05, 3.63) is 72.3 Å². The highest BCUT2D eigenvalue weighted by molar-refractivity contribution is 5.97. The maximum atomic E-state index is 11.8. The maximum Gasteiger partial charge on any atom is 0.328 e. The van der Waals surface area contributed by atoms with E-state index in [0.717, 1.165) is 28.8 Å². The molecule has 0 aliphatic rings. The van der Waals surface area contributed by atoms with E-state index >= 15 is 0 Å². The minimum absolute atomic E-state index is 0.189. The molecule has 2 aromatic rings. The second kappa shape index (κ2) is 6.48. The van der Waals surface area contributed by atoms with E-state index in [0.29, 0.717) is 0 Å². The third-order valence-electron chi connectivity index (χ3n) is 2.88. The van der Waals surface area contributed by atoms with Crippen LogP contribution in [-0.2, 0) is 16.0 Å². The number of carbonyl (C=O) groups excluding carboxylic acids is 1. The van der Waals surface area contributed by atoms with Crippen LogP contribution in [0.2, 0.25) is 0 Å². The van der Waals surface area contributed by atoms with Gasteiger partial charge in [0.2, 0.25) is 0 Å². The highest BCUT2D eigenvalue weighted by Crippen LogP contribution is 2.23. The lowest BCUT2D eigenvalue weighted by molar-refractivity contribution is -0.131. The SMILES string of the molecule is O=C(O)/C=C\C(=O)Cc1ccccc1-c1ccccc1. The van der Waals surface area contributed by atoms with E-state index in [1.165, 1.54) is 0 Å². The molecule has 0 saturated heterocycles. The fraction of sp³-hybridized carbons (Fsp3) is 0.0588. The van der Waals surface area contributed by atoms with E-state index in [9.17, 15) is 9.59 Å². The Bertz CT molecular complexity index is 642. The summed E-state index contributed by atoms with van der Waals surface area (Å²) in [6.07, 6.45) is 2.16. The Morgan fingerprint density at radius 2 is 1.55 bits per heavy atom. The van der Waals surface area contributed by atoms with Crippen molar-refractivity contribution in [3.8, 4) is 11.1 Å². The predicted molar refractivity (Wildman–Crippen MR) is 77.4 cm³/mol. The molecule has 0 atom stereocenters. The maximum absolute atomic E-state index is 11.8. The van der Waals surface area contributed by atoms with Crippen LogP contribution >= 0.6 is 0 Å². The number of aliphatic carboxylic acids is 1. The molecule has 100 valence electrons. The Kier molecular flexibility index (Phi) is 4.45. The minimum Gasteiger partial charge on any atom is -0.478 e. The fourth-order valence-electron chi connectivity index (χ4n) is 1.98. The van der Waals surface area contributed by atoms with E-state index < -0.39 is 5.97 Å². The largest absolute Gasteiger partial charge is 0.478 e. The lowest BCUT2D eigenvalue weighted by atomic mass is 9.96. The Labute approximate surface area is 117 Å². The third kappa shape index (κ3) is 3.65. The van der Waals surface area contributed by atoms with Crippen LogP contribution in [0.25, 0.3) is 11.1 Å². The molecule has 0 aliphatic heterocycles. The summed E-state index contributed by atoms with van der Waals surface area (Å²) in [6, 6.07) is 17.4. The molecule has 0 saturated carbocycles. The number of allylic oxidation sites excluding steroid dienone is 1. The van der Waals surface area contributed by atoms with Crippen LogP contribution in [0.1, 0.15) is 5.56 Å². The summed E-state index contributed by atoms with van der Waals surface area (Å²) in [4.78, 5) is 22.2. The van der Waals surface area contributed by atoms with Crippen LogP contribution < -0.4 is 0 Å². The normalized spacial score (nSPS) is 10.6. The predicted octanol–water partition coefficient (Wildman–Crippen LogP) is 3.11. The van der Waals surface area contributed by atoms with E-state index in [-0.39, 0.29) is 12.2 Å². The zero-order valence-electron chi connectivity index (χ0n) is 10.8. The molecular formula is C17H14O3. The van der Waals surface area contributed by atoms with Gasteiger partial charge in [0.25, 0.3) is 0 Å². The molecule has 0 heterocycles. The molecule has 0 radical (unpaired) electrons. The van der Waals surface area contributed by atoms with Gasteiger partial charge in [-0.05, 0) is 22.8 Å². The van der Waals surface area contributed by atoms with Gasteiger partial charge in [0, 0.05) is 12.5 Å². The molecule has 2 rings (SSSR count). The van der Waals surface area contributed by atoms with Gasteiger partial charge in [-0.3, -0.25) is 4.79 Å². The van der Waals surface area contributed by atoms with E-state index in [1.807, 2.05) is 54.6 Å². The van der Waals surface area contributed by atoms with Gasteiger partial charge in [0.15, 0.2) is 5.78 Å². The number of rotatable bonds is 5. The standard InChI is InChI=1S/C17H14O3/c18-15(10-11-17(19)20)12-14-8-4-5-9-16(14)13-6-2-1-3-7-13/h1-11H,12H2,(H,19,20)/b11-10-. The van der Waals surface area contributed by atoms with Crippen molar-refractivity contribution in [2.75, 3.05) is 0 Å². The van der Waals surface area contributed by atoms with Crippen molar-refractivity contribution in [1.82, 2.24) is 0 Å². The average molecular weight is 266 g/mol. The lowest BCUT2D eigenvalue weighted by Crippen LogP contribution is -2.01. The second-order valence-corrected chi connectivity index (χ2v) is 4.34. The summed E-state index contributed by atoms with van der Waals surface area (Å²) in [5, 5.41) is 8.52. The first-order valence-electron chi connectivity index (χ1n) is 6.24. The van der Waals surface area contributed by atoms with Gasteiger partial charge in [0.1, 0.15) is 0 Å². The lowest BCUT2D eigenvalue weighted by Gasteiger charge is -2.08. The summed E-state index contributed by atoms with van der Waals surface area (Å²) in [7, 11) is 0. The van der Waals surface area contributed by atoms with E-state index in [1.54, 1.807) is 0 Å². The molecule has 0 fully saturated rings. The van der Waals surface area contributed by atoms with Gasteiger partial charge >= 0.3 is 5.97 Å². The number of ketones is 1. The van der Waals surface area contributed by atoms with Crippen LogP contribution in [0.3, 0.4) is 0 Å². The Morgan fingerprint density at radius 1 is 0.900 bits per heavy atom. The number of carbonyl (C=O) groups is 2. The summed E-state index contributed by atoms with van der Waals surface area (Å²) in [6.45, 7) is 0. The molecule has 0 bridgehead atoms. The molecule has 1 N–H and O–H groups in total. The van der Waals surface area contributed by atoms with Crippen LogP contribution in [0.15, 0.2) is 66.7 Å². The first-order chi connectivity index (χ1) is 9.66. The van der Waals surface area contributed by atoms with Gasteiger partial charge in [-0.2, -0.15) is 0 Å². The molecular weight excluding hydrogens is 252 g/mol. The van der Waals surface area contributed by atoms with Crippen LogP contribution in [0.5, 0.6) is 0 Å². The third-order valence-corrected chi connectivity index (χ3v) is 2.88. The Hall–Kier alpha value is -2.68. The van der Waals surface area contributed by atoms with Gasteiger partial charge in [-0.15, -0.1) is 0 Å². The van der Waals surface area contributed by atoms with Crippen molar-refractivity contribution in [1.29, 1.82) is 0 Å². The van der Waals surface area contributed by atoms with Crippen LogP contribution in [0, 0.1) is 0 Å². The van der Waals surface area contributed by atoms with E-state index in [4.69, 9.17) is 5.11 Å². The molecule has 3 nitrogen and oxygen atoms in total. The zero-order chi connectivity index (χ0) is 14.4. The zero-order valence-corrected chi connectivity index (χ0v) is 10.8. The molecule has 20 heavy (non-hydrogen) atoms. The van der Waals surface area contributed by atoms with Crippen LogP contribution in [0.4, 0.5) is 0 Å². The molecule has 3 heteroatoms. The summed E-state index contributed by atoms with van der Waals surface area (Å²) < 4.78 is 0. The molecule has 0 aromatic heterocycles. The van der Waals surface area contributed by atoms with Crippen molar-refractivity contribution >= 4 is 11.8 Å². The van der Waals surface area contributed by atoms with Gasteiger partial charge in [0.05, 0.1) is 0 Å². The van der Waals surface area contributed by atoms with Crippen molar-refractivity contribution < 1.29 is 14.7 Å². The number of hydrogen-bond donors (Lipinski definition) is 1. The number of carboxylic acids is 1. The molecule has 2 aromatic carbocycles. The topological polar surface area (TPSA) is 54.4 Å².